The smallest absolute Gasteiger partial charge is 0.387 e. The highest BCUT2D eigenvalue weighted by atomic mass is 19.3. The monoisotopic (exact) mass is 342 g/mol. The van der Waals surface area contributed by atoms with Gasteiger partial charge >= 0.3 is 18.6 Å². The number of carboxylic acids is 1. The summed E-state index contributed by atoms with van der Waals surface area (Å²) in [6.07, 6.45) is 0.736. The van der Waals surface area contributed by atoms with Crippen LogP contribution < -0.4 is 10.1 Å². The van der Waals surface area contributed by atoms with E-state index in [0.29, 0.717) is 24.9 Å². The van der Waals surface area contributed by atoms with Gasteiger partial charge < -0.3 is 20.1 Å². The van der Waals surface area contributed by atoms with Gasteiger partial charge in [0.25, 0.3) is 0 Å². The van der Waals surface area contributed by atoms with Crippen molar-refractivity contribution in [3.05, 3.63) is 29.8 Å². The number of nitrogens with zero attached hydrogens (tertiary/aromatic N) is 1. The number of alkyl halides is 2. The molecule has 0 aliphatic carbocycles. The van der Waals surface area contributed by atoms with Crippen LogP contribution in [0.5, 0.6) is 5.75 Å². The van der Waals surface area contributed by atoms with Gasteiger partial charge in [-0.2, -0.15) is 8.78 Å². The van der Waals surface area contributed by atoms with Crippen molar-refractivity contribution in [1.82, 2.24) is 10.2 Å². The number of hydrogen-bond donors (Lipinski definition) is 2. The summed E-state index contributed by atoms with van der Waals surface area (Å²) >= 11 is 0. The predicted octanol–water partition coefficient (Wildman–Crippen LogP) is 2.34. The number of carbonyl (C=O) groups is 2. The molecule has 6 nitrogen and oxygen atoms in total. The number of halogens is 2. The number of ether oxygens (including phenoxy) is 1. The molecular weight excluding hydrogens is 322 g/mol. The topological polar surface area (TPSA) is 78.9 Å². The van der Waals surface area contributed by atoms with Crippen LogP contribution in [0.4, 0.5) is 13.6 Å². The Morgan fingerprint density at radius 2 is 2.12 bits per heavy atom. The number of benzene rings is 1. The van der Waals surface area contributed by atoms with E-state index < -0.39 is 18.0 Å². The van der Waals surface area contributed by atoms with Crippen LogP contribution in [0.2, 0.25) is 0 Å². The van der Waals surface area contributed by atoms with E-state index in [-0.39, 0.29) is 24.9 Å². The summed E-state index contributed by atoms with van der Waals surface area (Å²) in [6, 6.07) is 6.04. The second kappa shape index (κ2) is 7.46. The first-order valence-electron chi connectivity index (χ1n) is 7.61. The molecule has 0 bridgehead atoms. The highest BCUT2D eigenvalue weighted by molar-refractivity contribution is 5.79. The SMILES string of the molecule is CC1(C(=O)O)CCN(C(=O)NCCc2ccccc2OC(F)F)C1. The summed E-state index contributed by atoms with van der Waals surface area (Å²) in [5.41, 5.74) is -0.357. The molecule has 1 unspecified atom stereocenters. The molecule has 1 aromatic rings. The number of amides is 2. The molecule has 1 fully saturated rings. The lowest BCUT2D eigenvalue weighted by molar-refractivity contribution is -0.147. The number of carbonyl (C=O) groups excluding carboxylic acids is 1. The summed E-state index contributed by atoms with van der Waals surface area (Å²) in [4.78, 5) is 24.7. The first-order chi connectivity index (χ1) is 11.3. The van der Waals surface area contributed by atoms with E-state index in [4.69, 9.17) is 5.11 Å². The van der Waals surface area contributed by atoms with Crippen molar-refractivity contribution in [1.29, 1.82) is 0 Å². The van der Waals surface area contributed by atoms with Crippen molar-refractivity contribution in [2.75, 3.05) is 19.6 Å². The molecule has 2 rings (SSSR count). The molecule has 132 valence electrons. The number of para-hydroxylation sites is 1. The lowest BCUT2D eigenvalue weighted by Crippen LogP contribution is -2.41. The third-order valence-corrected chi connectivity index (χ3v) is 4.14. The highest BCUT2D eigenvalue weighted by Crippen LogP contribution is 2.30. The van der Waals surface area contributed by atoms with Crippen LogP contribution in [0.1, 0.15) is 18.9 Å². The fourth-order valence-electron chi connectivity index (χ4n) is 2.65. The molecule has 0 saturated carbocycles. The summed E-state index contributed by atoms with van der Waals surface area (Å²) in [5.74, 6) is -0.836. The first-order valence-corrected chi connectivity index (χ1v) is 7.61. The molecule has 2 amide bonds. The molecule has 0 spiro atoms. The average Bonchev–Trinajstić information content (AvgIpc) is 2.92. The van der Waals surface area contributed by atoms with E-state index in [0.717, 1.165) is 0 Å². The van der Waals surface area contributed by atoms with Crippen LogP contribution in [-0.4, -0.2) is 48.3 Å². The summed E-state index contributed by atoms with van der Waals surface area (Å²) in [5, 5.41) is 11.8. The minimum atomic E-state index is -2.90. The lowest BCUT2D eigenvalue weighted by Gasteiger charge is -2.20. The van der Waals surface area contributed by atoms with Gasteiger partial charge in [0.05, 0.1) is 5.41 Å². The van der Waals surface area contributed by atoms with Crippen molar-refractivity contribution in [3.8, 4) is 5.75 Å². The molecule has 1 heterocycles. The Bertz CT molecular complexity index is 611. The molecule has 1 saturated heterocycles. The number of nitrogens with one attached hydrogen (secondary N) is 1. The third kappa shape index (κ3) is 4.33. The van der Waals surface area contributed by atoms with Crippen molar-refractivity contribution in [2.45, 2.75) is 26.4 Å². The number of likely N-dealkylation sites (tertiary alicyclic amines) is 1. The van der Waals surface area contributed by atoms with Gasteiger partial charge in [-0.1, -0.05) is 18.2 Å². The van der Waals surface area contributed by atoms with Crippen LogP contribution in [0.3, 0.4) is 0 Å². The summed E-state index contributed by atoms with van der Waals surface area (Å²) in [7, 11) is 0. The molecule has 24 heavy (non-hydrogen) atoms. The average molecular weight is 342 g/mol. The molecule has 1 aliphatic heterocycles. The maximum Gasteiger partial charge on any atom is 0.387 e. The van der Waals surface area contributed by atoms with Gasteiger partial charge in [0, 0.05) is 19.6 Å². The molecule has 1 aliphatic rings. The minimum absolute atomic E-state index is 0.0846. The predicted molar refractivity (Wildman–Crippen MR) is 82.1 cm³/mol. The molecule has 2 N–H and O–H groups in total. The van der Waals surface area contributed by atoms with E-state index in [9.17, 15) is 18.4 Å². The fraction of sp³-hybridized carbons (Fsp3) is 0.500. The molecule has 0 radical (unpaired) electrons. The van der Waals surface area contributed by atoms with Crippen molar-refractivity contribution < 1.29 is 28.2 Å². The van der Waals surface area contributed by atoms with E-state index >= 15 is 0 Å². The lowest BCUT2D eigenvalue weighted by atomic mass is 9.90. The Balaban J connectivity index is 1.85. The van der Waals surface area contributed by atoms with Gasteiger partial charge in [-0.3, -0.25) is 4.79 Å². The second-order valence-corrected chi connectivity index (χ2v) is 6.01. The molecular formula is C16H20F2N2O4. The van der Waals surface area contributed by atoms with Gasteiger partial charge in [-0.05, 0) is 31.4 Å². The van der Waals surface area contributed by atoms with Crippen LogP contribution in [-0.2, 0) is 11.2 Å². The summed E-state index contributed by atoms with van der Waals surface area (Å²) in [6.45, 7) is -0.526. The maximum atomic E-state index is 12.3. The molecule has 8 heteroatoms. The van der Waals surface area contributed by atoms with Crippen LogP contribution in [0.25, 0.3) is 0 Å². The summed E-state index contributed by atoms with van der Waals surface area (Å²) < 4.78 is 29.1. The maximum absolute atomic E-state index is 12.3. The van der Waals surface area contributed by atoms with Gasteiger partial charge in [-0.15, -0.1) is 0 Å². The van der Waals surface area contributed by atoms with Gasteiger partial charge in [0.15, 0.2) is 0 Å². The Morgan fingerprint density at radius 1 is 1.42 bits per heavy atom. The molecule has 1 aromatic carbocycles. The standard InChI is InChI=1S/C16H20F2N2O4/c1-16(13(21)22)7-9-20(10-16)15(23)19-8-6-11-4-2-3-5-12(11)24-14(17)18/h2-5,14H,6-10H2,1H3,(H,19,23)(H,21,22). The van der Waals surface area contributed by atoms with E-state index in [2.05, 4.69) is 10.1 Å². The first kappa shape index (κ1) is 18.0. The Morgan fingerprint density at radius 3 is 2.75 bits per heavy atom. The number of hydrogen-bond acceptors (Lipinski definition) is 3. The zero-order valence-electron chi connectivity index (χ0n) is 13.3. The van der Waals surface area contributed by atoms with Crippen molar-refractivity contribution >= 4 is 12.0 Å². The van der Waals surface area contributed by atoms with Gasteiger partial charge in [-0.25, -0.2) is 4.79 Å². The zero-order valence-corrected chi connectivity index (χ0v) is 13.3. The second-order valence-electron chi connectivity index (χ2n) is 6.01. The van der Waals surface area contributed by atoms with E-state index in [1.165, 1.54) is 11.0 Å². The van der Waals surface area contributed by atoms with Crippen molar-refractivity contribution in [3.63, 3.8) is 0 Å². The Kier molecular flexibility index (Phi) is 5.58. The normalized spacial score (nSPS) is 20.2. The largest absolute Gasteiger partial charge is 0.481 e. The quantitative estimate of drug-likeness (QED) is 0.832. The third-order valence-electron chi connectivity index (χ3n) is 4.14. The van der Waals surface area contributed by atoms with E-state index in [1.54, 1.807) is 25.1 Å². The van der Waals surface area contributed by atoms with Crippen molar-refractivity contribution in [2.24, 2.45) is 5.41 Å². The van der Waals surface area contributed by atoms with Crippen LogP contribution in [0, 0.1) is 5.41 Å². The molecule has 1 atom stereocenters. The number of aliphatic carboxylic acids is 1. The van der Waals surface area contributed by atoms with E-state index in [1.807, 2.05) is 0 Å². The highest BCUT2D eigenvalue weighted by Gasteiger charge is 2.42. The zero-order chi connectivity index (χ0) is 17.7. The minimum Gasteiger partial charge on any atom is -0.481 e. The van der Waals surface area contributed by atoms with Gasteiger partial charge in [0.1, 0.15) is 5.75 Å². The number of rotatable bonds is 6. The number of urea groups is 1. The number of carboxylic acid groups (broad SMARTS) is 1. The Hall–Kier alpha value is -2.38. The fourth-order valence-corrected chi connectivity index (χ4v) is 2.65. The van der Waals surface area contributed by atoms with Crippen LogP contribution in [0.15, 0.2) is 24.3 Å². The molecule has 0 aromatic heterocycles. The van der Waals surface area contributed by atoms with Crippen LogP contribution >= 0.6 is 0 Å². The van der Waals surface area contributed by atoms with Gasteiger partial charge in [0.2, 0.25) is 0 Å². The Labute approximate surface area is 138 Å².